The third kappa shape index (κ3) is 5.16. The highest BCUT2D eigenvalue weighted by Crippen LogP contribution is 2.16. The van der Waals surface area contributed by atoms with E-state index in [1.54, 1.807) is 30.5 Å². The number of benzene rings is 2. The normalized spacial score (nSPS) is 10.7. The number of nitrogens with zero attached hydrogens (tertiary/aromatic N) is 2. The first kappa shape index (κ1) is 19.5. The number of nitrogens with one attached hydrogen (secondary N) is 1. The van der Waals surface area contributed by atoms with E-state index in [1.165, 1.54) is 12.1 Å². The third-order valence-corrected chi connectivity index (χ3v) is 4.47. The summed E-state index contributed by atoms with van der Waals surface area (Å²) in [6.07, 6.45) is 1.63. The van der Waals surface area contributed by atoms with Crippen LogP contribution in [0.25, 0.3) is 0 Å². The summed E-state index contributed by atoms with van der Waals surface area (Å²) in [5.74, 6) is 0.311. The molecular weight excluding hydrogens is 353 g/mol. The number of amides is 1. The van der Waals surface area contributed by atoms with Crippen LogP contribution in [-0.2, 0) is 13.1 Å². The quantitative estimate of drug-likeness (QED) is 0.638. The van der Waals surface area contributed by atoms with Crippen molar-refractivity contribution in [3.8, 4) is 0 Å². The van der Waals surface area contributed by atoms with Gasteiger partial charge in [-0.3, -0.25) is 4.79 Å². The molecule has 0 saturated carbocycles. The predicted molar refractivity (Wildman–Crippen MR) is 109 cm³/mol. The molecule has 0 saturated heterocycles. The van der Waals surface area contributed by atoms with E-state index in [4.69, 9.17) is 0 Å². The van der Waals surface area contributed by atoms with Crippen molar-refractivity contribution in [3.05, 3.63) is 95.4 Å². The number of aromatic nitrogens is 1. The number of hydrogen-bond acceptors (Lipinski definition) is 3. The van der Waals surface area contributed by atoms with Gasteiger partial charge in [0.2, 0.25) is 0 Å². The van der Waals surface area contributed by atoms with Gasteiger partial charge in [0, 0.05) is 30.9 Å². The topological polar surface area (TPSA) is 45.2 Å². The smallest absolute Gasteiger partial charge is 0.254 e. The standard InChI is InChI=1S/C23H24FN3O/c1-17(2)27(16-19-6-4-3-5-7-19)23(28)20-12-13-25-22(14-20)26-15-18-8-10-21(24)11-9-18/h3-14,17H,15-16H2,1-2H3,(H,25,26). The number of halogens is 1. The van der Waals surface area contributed by atoms with Crippen molar-refractivity contribution in [2.75, 3.05) is 5.32 Å². The molecule has 0 unspecified atom stereocenters. The highest BCUT2D eigenvalue weighted by atomic mass is 19.1. The molecule has 0 aliphatic carbocycles. The van der Waals surface area contributed by atoms with Crippen molar-refractivity contribution in [2.45, 2.75) is 33.0 Å². The lowest BCUT2D eigenvalue weighted by Crippen LogP contribution is -2.36. The van der Waals surface area contributed by atoms with E-state index in [9.17, 15) is 9.18 Å². The van der Waals surface area contributed by atoms with Gasteiger partial charge >= 0.3 is 0 Å². The Bertz CT molecular complexity index is 911. The summed E-state index contributed by atoms with van der Waals surface area (Å²) in [5.41, 5.74) is 2.61. The monoisotopic (exact) mass is 377 g/mol. The summed E-state index contributed by atoms with van der Waals surface area (Å²) in [5, 5.41) is 3.19. The number of pyridine rings is 1. The lowest BCUT2D eigenvalue weighted by atomic mass is 10.1. The Morgan fingerprint density at radius 1 is 1.04 bits per heavy atom. The summed E-state index contributed by atoms with van der Waals surface area (Å²) < 4.78 is 13.0. The van der Waals surface area contributed by atoms with Crippen LogP contribution in [0.2, 0.25) is 0 Å². The Hall–Kier alpha value is -3.21. The maximum Gasteiger partial charge on any atom is 0.254 e. The SMILES string of the molecule is CC(C)N(Cc1ccccc1)C(=O)c1ccnc(NCc2ccc(F)cc2)c1. The van der Waals surface area contributed by atoms with Gasteiger partial charge in [-0.25, -0.2) is 9.37 Å². The molecule has 0 aliphatic rings. The molecule has 0 atom stereocenters. The first-order valence-corrected chi connectivity index (χ1v) is 9.32. The van der Waals surface area contributed by atoms with Crippen LogP contribution < -0.4 is 5.32 Å². The fraction of sp³-hybridized carbons (Fsp3) is 0.217. The molecule has 1 heterocycles. The summed E-state index contributed by atoms with van der Waals surface area (Å²) >= 11 is 0. The van der Waals surface area contributed by atoms with E-state index in [1.807, 2.05) is 49.1 Å². The Morgan fingerprint density at radius 2 is 1.75 bits per heavy atom. The van der Waals surface area contributed by atoms with Crippen molar-refractivity contribution in [3.63, 3.8) is 0 Å². The number of carbonyl (C=O) groups excluding carboxylic acids is 1. The first-order chi connectivity index (χ1) is 13.5. The molecule has 0 bridgehead atoms. The van der Waals surface area contributed by atoms with Crippen LogP contribution in [0.3, 0.4) is 0 Å². The molecule has 3 aromatic rings. The highest BCUT2D eigenvalue weighted by Gasteiger charge is 2.19. The molecule has 1 N–H and O–H groups in total. The van der Waals surface area contributed by atoms with Crippen molar-refractivity contribution in [1.82, 2.24) is 9.88 Å². The zero-order chi connectivity index (χ0) is 19.9. The second kappa shape index (κ2) is 9.13. The Labute approximate surface area is 165 Å². The molecule has 3 rings (SSSR count). The van der Waals surface area contributed by atoms with Gasteiger partial charge < -0.3 is 10.2 Å². The van der Waals surface area contributed by atoms with Crippen LogP contribution in [0.1, 0.15) is 35.3 Å². The van der Waals surface area contributed by atoms with Crippen molar-refractivity contribution < 1.29 is 9.18 Å². The number of rotatable bonds is 7. The average Bonchev–Trinajstić information content (AvgIpc) is 2.72. The first-order valence-electron chi connectivity index (χ1n) is 9.32. The largest absolute Gasteiger partial charge is 0.366 e. The molecule has 0 radical (unpaired) electrons. The maximum absolute atomic E-state index is 13.1. The fourth-order valence-electron chi connectivity index (χ4n) is 2.89. The average molecular weight is 377 g/mol. The van der Waals surface area contributed by atoms with E-state index in [0.717, 1.165) is 11.1 Å². The molecule has 1 amide bonds. The van der Waals surface area contributed by atoms with E-state index < -0.39 is 0 Å². The van der Waals surface area contributed by atoms with Crippen molar-refractivity contribution >= 4 is 11.7 Å². The van der Waals surface area contributed by atoms with Crippen LogP contribution in [0.5, 0.6) is 0 Å². The molecule has 144 valence electrons. The van der Waals surface area contributed by atoms with Crippen LogP contribution >= 0.6 is 0 Å². The summed E-state index contributed by atoms with van der Waals surface area (Å²) in [4.78, 5) is 19.2. The van der Waals surface area contributed by atoms with Gasteiger partial charge in [-0.1, -0.05) is 42.5 Å². The molecule has 1 aromatic heterocycles. The molecule has 0 aliphatic heterocycles. The maximum atomic E-state index is 13.1. The molecule has 5 heteroatoms. The lowest BCUT2D eigenvalue weighted by Gasteiger charge is -2.27. The third-order valence-electron chi connectivity index (χ3n) is 4.47. The van der Waals surface area contributed by atoms with Gasteiger partial charge in [-0.05, 0) is 49.2 Å². The number of anilines is 1. The minimum Gasteiger partial charge on any atom is -0.366 e. The Kier molecular flexibility index (Phi) is 6.37. The van der Waals surface area contributed by atoms with Gasteiger partial charge in [-0.15, -0.1) is 0 Å². The van der Waals surface area contributed by atoms with Gasteiger partial charge in [0.1, 0.15) is 11.6 Å². The Balaban J connectivity index is 1.71. The van der Waals surface area contributed by atoms with E-state index in [-0.39, 0.29) is 17.8 Å². The van der Waals surface area contributed by atoms with Crippen LogP contribution in [0.15, 0.2) is 72.9 Å². The van der Waals surface area contributed by atoms with E-state index in [0.29, 0.717) is 24.5 Å². The minimum absolute atomic E-state index is 0.0360. The zero-order valence-electron chi connectivity index (χ0n) is 16.1. The minimum atomic E-state index is -0.262. The summed E-state index contributed by atoms with van der Waals surface area (Å²) in [6, 6.07) is 19.8. The second-order valence-corrected chi connectivity index (χ2v) is 6.92. The molecule has 0 spiro atoms. The van der Waals surface area contributed by atoms with Crippen LogP contribution in [0, 0.1) is 5.82 Å². The van der Waals surface area contributed by atoms with E-state index >= 15 is 0 Å². The molecular formula is C23H24FN3O. The summed E-state index contributed by atoms with van der Waals surface area (Å²) in [6.45, 7) is 5.08. The molecule has 0 fully saturated rings. The number of hydrogen-bond donors (Lipinski definition) is 1. The Morgan fingerprint density at radius 3 is 2.43 bits per heavy atom. The van der Waals surface area contributed by atoms with E-state index in [2.05, 4.69) is 10.3 Å². The van der Waals surface area contributed by atoms with Crippen molar-refractivity contribution in [2.24, 2.45) is 0 Å². The highest BCUT2D eigenvalue weighted by molar-refractivity contribution is 5.95. The van der Waals surface area contributed by atoms with Gasteiger partial charge in [0.05, 0.1) is 0 Å². The zero-order valence-corrected chi connectivity index (χ0v) is 16.1. The fourth-order valence-corrected chi connectivity index (χ4v) is 2.89. The number of carbonyl (C=O) groups is 1. The second-order valence-electron chi connectivity index (χ2n) is 6.92. The van der Waals surface area contributed by atoms with Gasteiger partial charge in [0.25, 0.3) is 5.91 Å². The van der Waals surface area contributed by atoms with Gasteiger partial charge in [-0.2, -0.15) is 0 Å². The van der Waals surface area contributed by atoms with Gasteiger partial charge in [0.15, 0.2) is 0 Å². The van der Waals surface area contributed by atoms with Crippen molar-refractivity contribution in [1.29, 1.82) is 0 Å². The molecule has 4 nitrogen and oxygen atoms in total. The predicted octanol–water partition coefficient (Wildman–Crippen LogP) is 4.88. The van der Waals surface area contributed by atoms with Crippen LogP contribution in [-0.4, -0.2) is 21.8 Å². The lowest BCUT2D eigenvalue weighted by molar-refractivity contribution is 0.0690. The van der Waals surface area contributed by atoms with Crippen LogP contribution in [0.4, 0.5) is 10.2 Å². The molecule has 28 heavy (non-hydrogen) atoms. The summed E-state index contributed by atoms with van der Waals surface area (Å²) in [7, 11) is 0. The molecule has 2 aromatic carbocycles.